The topological polar surface area (TPSA) is 49.7 Å². The second-order valence-electron chi connectivity index (χ2n) is 3.76. The summed E-state index contributed by atoms with van der Waals surface area (Å²) in [6.07, 6.45) is -1.90. The summed E-state index contributed by atoms with van der Waals surface area (Å²) in [5.74, 6) is -1.15. The third kappa shape index (κ3) is 2.77. The lowest BCUT2D eigenvalue weighted by Gasteiger charge is -2.09. The van der Waals surface area contributed by atoms with Crippen LogP contribution in [0.5, 0.6) is 0 Å². The molecule has 1 atom stereocenters. The molecule has 18 heavy (non-hydrogen) atoms. The molecule has 1 aliphatic heterocycles. The molecule has 6 heteroatoms. The molecule has 2 rings (SSSR count). The van der Waals surface area contributed by atoms with Gasteiger partial charge in [0.1, 0.15) is 6.04 Å². The molecule has 0 fully saturated rings. The van der Waals surface area contributed by atoms with Crippen LogP contribution in [0.3, 0.4) is 0 Å². The molecule has 1 aliphatic rings. The minimum Gasteiger partial charge on any atom is -0.478 e. The number of halogens is 3. The predicted molar refractivity (Wildman–Crippen MR) is 59.3 cm³/mol. The van der Waals surface area contributed by atoms with E-state index in [0.29, 0.717) is 11.1 Å². The van der Waals surface area contributed by atoms with Gasteiger partial charge in [-0.3, -0.25) is 4.99 Å². The van der Waals surface area contributed by atoms with Crippen molar-refractivity contribution in [2.45, 2.75) is 12.2 Å². The van der Waals surface area contributed by atoms with Gasteiger partial charge < -0.3 is 5.11 Å². The molecule has 0 bridgehead atoms. The lowest BCUT2D eigenvalue weighted by atomic mass is 10.0. The van der Waals surface area contributed by atoms with Crippen molar-refractivity contribution in [3.05, 3.63) is 41.5 Å². The smallest absolute Gasteiger partial charge is 0.416 e. The van der Waals surface area contributed by atoms with E-state index in [4.69, 9.17) is 5.11 Å². The molecule has 0 radical (unpaired) electrons. The summed E-state index contributed by atoms with van der Waals surface area (Å²) in [5.41, 5.74) is 0.0433. The third-order valence-electron chi connectivity index (χ3n) is 2.44. The van der Waals surface area contributed by atoms with Gasteiger partial charge in [0, 0.05) is 12.3 Å². The van der Waals surface area contributed by atoms with Gasteiger partial charge in [0.15, 0.2) is 0 Å². The van der Waals surface area contributed by atoms with E-state index in [1.54, 1.807) is 0 Å². The Hall–Kier alpha value is -2.11. The highest BCUT2D eigenvalue weighted by Gasteiger charge is 2.30. The molecule has 0 aromatic heterocycles. The maximum Gasteiger partial charge on any atom is 0.416 e. The van der Waals surface area contributed by atoms with Crippen molar-refractivity contribution < 1.29 is 23.1 Å². The zero-order valence-corrected chi connectivity index (χ0v) is 8.98. The van der Waals surface area contributed by atoms with Crippen molar-refractivity contribution in [3.8, 4) is 0 Å². The minimum atomic E-state index is -4.40. The van der Waals surface area contributed by atoms with Crippen LogP contribution < -0.4 is 0 Å². The Morgan fingerprint density at radius 3 is 2.22 bits per heavy atom. The summed E-state index contributed by atoms with van der Waals surface area (Å²) in [7, 11) is 0. The van der Waals surface area contributed by atoms with Crippen molar-refractivity contribution in [1.29, 1.82) is 0 Å². The van der Waals surface area contributed by atoms with Gasteiger partial charge in [0.05, 0.1) is 5.56 Å². The number of alkyl halides is 3. The van der Waals surface area contributed by atoms with E-state index in [2.05, 4.69) is 4.99 Å². The van der Waals surface area contributed by atoms with E-state index < -0.39 is 17.7 Å². The number of aliphatic carboxylic acids is 1. The van der Waals surface area contributed by atoms with Gasteiger partial charge in [-0.25, -0.2) is 4.79 Å². The van der Waals surface area contributed by atoms with Gasteiger partial charge in [-0.1, -0.05) is 12.1 Å². The predicted octanol–water partition coefficient (Wildman–Crippen LogP) is 2.63. The van der Waals surface area contributed by atoms with E-state index in [1.165, 1.54) is 18.3 Å². The summed E-state index contributed by atoms with van der Waals surface area (Å²) in [6.45, 7) is 0. The van der Waals surface area contributed by atoms with Crippen LogP contribution >= 0.6 is 0 Å². The van der Waals surface area contributed by atoms with Crippen LogP contribution in [0, 0.1) is 0 Å². The van der Waals surface area contributed by atoms with Crippen LogP contribution in [-0.2, 0) is 11.0 Å². The maximum absolute atomic E-state index is 12.4. The number of aliphatic imine (C=N–C) groups is 1. The molecule has 1 unspecified atom stereocenters. The third-order valence-corrected chi connectivity index (χ3v) is 2.44. The molecule has 1 N–H and O–H groups in total. The quantitative estimate of drug-likeness (QED) is 0.844. The molecule has 0 aliphatic carbocycles. The first kappa shape index (κ1) is 12.3. The van der Waals surface area contributed by atoms with Crippen molar-refractivity contribution in [3.63, 3.8) is 0 Å². The molecule has 1 heterocycles. The highest BCUT2D eigenvalue weighted by Crippen LogP contribution is 2.31. The molecule has 0 spiro atoms. The summed E-state index contributed by atoms with van der Waals surface area (Å²) in [6, 6.07) is 4.01. The fourth-order valence-corrected chi connectivity index (χ4v) is 1.53. The second-order valence-corrected chi connectivity index (χ2v) is 3.76. The second kappa shape index (κ2) is 4.29. The molecule has 0 saturated carbocycles. The van der Waals surface area contributed by atoms with Crippen LogP contribution in [-0.4, -0.2) is 23.3 Å². The first-order valence-corrected chi connectivity index (χ1v) is 5.03. The number of nitrogens with zero attached hydrogens (tertiary/aromatic N) is 1. The zero-order valence-electron chi connectivity index (χ0n) is 8.98. The Labute approximate surface area is 100 Å². The minimum absolute atomic E-state index is 0.335. The van der Waals surface area contributed by atoms with Crippen molar-refractivity contribution in [1.82, 2.24) is 0 Å². The van der Waals surface area contributed by atoms with Crippen LogP contribution in [0.2, 0.25) is 0 Å². The molecule has 94 valence electrons. The Kier molecular flexibility index (Phi) is 2.94. The standard InChI is InChI=1S/C12H8F3NO2/c13-12(14,15)8-3-1-7(2-4-8)9(5-11(17)18)10-6-16-10/h1-6,10H,(H,17,18)/b9-5-. The fraction of sp³-hybridized carbons (Fsp3) is 0.167. The van der Waals surface area contributed by atoms with Gasteiger partial charge >= 0.3 is 12.1 Å². The van der Waals surface area contributed by atoms with Gasteiger partial charge in [0.2, 0.25) is 0 Å². The van der Waals surface area contributed by atoms with E-state index in [0.717, 1.165) is 18.2 Å². The van der Waals surface area contributed by atoms with Crippen LogP contribution in [0.25, 0.3) is 5.57 Å². The van der Waals surface area contributed by atoms with Crippen LogP contribution in [0.4, 0.5) is 13.2 Å². The molecule has 1 aromatic rings. The summed E-state index contributed by atoms with van der Waals surface area (Å²) in [4.78, 5) is 14.5. The summed E-state index contributed by atoms with van der Waals surface area (Å²) < 4.78 is 37.1. The van der Waals surface area contributed by atoms with Crippen molar-refractivity contribution in [2.24, 2.45) is 4.99 Å². The number of benzene rings is 1. The fourth-order valence-electron chi connectivity index (χ4n) is 1.53. The molecular weight excluding hydrogens is 247 g/mol. The largest absolute Gasteiger partial charge is 0.478 e. The van der Waals surface area contributed by atoms with Crippen molar-refractivity contribution in [2.75, 3.05) is 0 Å². The molecule has 0 saturated heterocycles. The SMILES string of the molecule is O=C(O)/C=C(/c1ccc(C(F)(F)F)cc1)C1C=N1. The normalized spacial score (nSPS) is 18.8. The van der Waals surface area contributed by atoms with E-state index in [1.807, 2.05) is 0 Å². The Morgan fingerprint density at radius 2 is 1.83 bits per heavy atom. The summed E-state index contributed by atoms with van der Waals surface area (Å²) >= 11 is 0. The average molecular weight is 255 g/mol. The maximum atomic E-state index is 12.4. The van der Waals surface area contributed by atoms with Gasteiger partial charge in [-0.15, -0.1) is 0 Å². The first-order valence-electron chi connectivity index (χ1n) is 5.03. The lowest BCUT2D eigenvalue weighted by molar-refractivity contribution is -0.137. The van der Waals surface area contributed by atoms with Crippen LogP contribution in [0.15, 0.2) is 35.3 Å². The Balaban J connectivity index is 2.30. The monoisotopic (exact) mass is 255 g/mol. The number of carboxylic acids is 1. The Morgan fingerprint density at radius 1 is 1.28 bits per heavy atom. The molecular formula is C12H8F3NO2. The number of carbonyl (C=O) groups is 1. The average Bonchev–Trinajstić information content (AvgIpc) is 3.08. The van der Waals surface area contributed by atoms with Crippen molar-refractivity contribution >= 4 is 17.8 Å². The van der Waals surface area contributed by atoms with Crippen LogP contribution in [0.1, 0.15) is 11.1 Å². The zero-order chi connectivity index (χ0) is 13.3. The Bertz CT molecular complexity index is 523. The van der Waals surface area contributed by atoms with Gasteiger partial charge in [-0.05, 0) is 23.3 Å². The van der Waals surface area contributed by atoms with E-state index >= 15 is 0 Å². The first-order chi connectivity index (χ1) is 8.38. The number of rotatable bonds is 3. The summed E-state index contributed by atoms with van der Waals surface area (Å²) in [5, 5.41) is 8.69. The van der Waals surface area contributed by atoms with E-state index in [9.17, 15) is 18.0 Å². The lowest BCUT2D eigenvalue weighted by Crippen LogP contribution is -2.05. The van der Waals surface area contributed by atoms with Gasteiger partial charge in [0.25, 0.3) is 0 Å². The van der Waals surface area contributed by atoms with Gasteiger partial charge in [-0.2, -0.15) is 13.2 Å². The highest BCUT2D eigenvalue weighted by atomic mass is 19.4. The molecule has 0 amide bonds. The highest BCUT2D eigenvalue weighted by molar-refractivity contribution is 6.02. The number of hydrogen-bond donors (Lipinski definition) is 1. The molecule has 3 nitrogen and oxygen atoms in total. The molecule has 1 aromatic carbocycles. The van der Waals surface area contributed by atoms with E-state index in [-0.39, 0.29) is 6.04 Å². The number of carboxylic acid groups (broad SMARTS) is 1. The number of hydrogen-bond acceptors (Lipinski definition) is 2.